The van der Waals surface area contributed by atoms with Crippen molar-refractivity contribution in [3.63, 3.8) is 0 Å². The fourth-order valence-corrected chi connectivity index (χ4v) is 3.17. The zero-order valence-corrected chi connectivity index (χ0v) is 13.6. The van der Waals surface area contributed by atoms with E-state index in [1.165, 1.54) is 22.9 Å². The van der Waals surface area contributed by atoms with Gasteiger partial charge < -0.3 is 14.6 Å². The Balaban J connectivity index is 1.56. The number of aromatic nitrogens is 1. The van der Waals surface area contributed by atoms with Crippen molar-refractivity contribution in [2.75, 3.05) is 39.4 Å². The Morgan fingerprint density at radius 1 is 1.14 bits per heavy atom. The zero-order valence-electron chi connectivity index (χ0n) is 13.6. The second kappa shape index (κ2) is 7.77. The smallest absolute Gasteiger partial charge is 0.0594 e. The first-order valence-electron chi connectivity index (χ1n) is 8.46. The number of benzene rings is 1. The van der Waals surface area contributed by atoms with Crippen LogP contribution in [-0.2, 0) is 17.8 Å². The van der Waals surface area contributed by atoms with Crippen LogP contribution in [0.1, 0.15) is 18.9 Å². The van der Waals surface area contributed by atoms with Gasteiger partial charge >= 0.3 is 0 Å². The molecule has 0 amide bonds. The zero-order chi connectivity index (χ0) is 15.2. The Hall–Kier alpha value is -1.36. The van der Waals surface area contributed by atoms with Crippen molar-refractivity contribution in [1.82, 2.24) is 14.8 Å². The monoisotopic (exact) mass is 301 g/mol. The molecule has 0 aliphatic carbocycles. The second-order valence-electron chi connectivity index (χ2n) is 6.00. The highest BCUT2D eigenvalue weighted by Crippen LogP contribution is 2.21. The third-order valence-electron chi connectivity index (χ3n) is 4.36. The first-order chi connectivity index (χ1) is 10.9. The third kappa shape index (κ3) is 3.69. The fraction of sp³-hybridized carbons (Fsp3) is 0.556. The van der Waals surface area contributed by atoms with E-state index in [1.54, 1.807) is 0 Å². The first kappa shape index (κ1) is 15.5. The van der Waals surface area contributed by atoms with E-state index in [-0.39, 0.29) is 0 Å². The number of nitrogens with zero attached hydrogens (tertiary/aromatic N) is 2. The van der Waals surface area contributed by atoms with Crippen LogP contribution in [0.2, 0.25) is 0 Å². The van der Waals surface area contributed by atoms with Crippen LogP contribution in [0.5, 0.6) is 0 Å². The number of hydrogen-bond donors (Lipinski definition) is 1. The van der Waals surface area contributed by atoms with Crippen LogP contribution in [0.3, 0.4) is 0 Å². The number of nitrogens with one attached hydrogen (secondary N) is 1. The lowest BCUT2D eigenvalue weighted by molar-refractivity contribution is 0.0384. The highest BCUT2D eigenvalue weighted by Gasteiger charge is 2.10. The van der Waals surface area contributed by atoms with Gasteiger partial charge in [-0.2, -0.15) is 0 Å². The number of ether oxygens (including phenoxy) is 1. The largest absolute Gasteiger partial charge is 0.379 e. The second-order valence-corrected chi connectivity index (χ2v) is 6.00. The van der Waals surface area contributed by atoms with Crippen LogP contribution in [0.25, 0.3) is 10.9 Å². The van der Waals surface area contributed by atoms with Crippen LogP contribution in [0.4, 0.5) is 0 Å². The number of para-hydroxylation sites is 1. The van der Waals surface area contributed by atoms with Gasteiger partial charge in [-0.1, -0.05) is 25.1 Å². The lowest BCUT2D eigenvalue weighted by Gasteiger charge is -2.26. The molecule has 1 aliphatic rings. The van der Waals surface area contributed by atoms with Crippen molar-refractivity contribution in [3.8, 4) is 0 Å². The summed E-state index contributed by atoms with van der Waals surface area (Å²) in [5.41, 5.74) is 2.76. The molecular formula is C18H27N3O. The lowest BCUT2D eigenvalue weighted by Crippen LogP contribution is -2.40. The third-order valence-corrected chi connectivity index (χ3v) is 4.36. The molecule has 0 radical (unpaired) electrons. The molecule has 4 heteroatoms. The highest BCUT2D eigenvalue weighted by atomic mass is 16.5. The van der Waals surface area contributed by atoms with E-state index in [4.69, 9.17) is 4.74 Å². The predicted octanol–water partition coefficient (Wildman–Crippen LogP) is 2.47. The quantitative estimate of drug-likeness (QED) is 0.797. The number of fused-ring (bicyclic) bond motifs is 1. The lowest BCUT2D eigenvalue weighted by atomic mass is 10.2. The number of morpholine rings is 1. The maximum Gasteiger partial charge on any atom is 0.0594 e. The first-order valence-corrected chi connectivity index (χ1v) is 8.46. The molecule has 0 atom stereocenters. The van der Waals surface area contributed by atoms with Crippen LogP contribution in [-0.4, -0.2) is 48.9 Å². The molecule has 22 heavy (non-hydrogen) atoms. The van der Waals surface area contributed by atoms with Crippen molar-refractivity contribution in [3.05, 3.63) is 36.0 Å². The molecular weight excluding hydrogens is 274 g/mol. The summed E-state index contributed by atoms with van der Waals surface area (Å²) >= 11 is 0. The van der Waals surface area contributed by atoms with Gasteiger partial charge in [-0.15, -0.1) is 0 Å². The van der Waals surface area contributed by atoms with Crippen LogP contribution in [0.15, 0.2) is 30.5 Å². The molecule has 2 heterocycles. The van der Waals surface area contributed by atoms with Gasteiger partial charge in [-0.3, -0.25) is 4.90 Å². The highest BCUT2D eigenvalue weighted by molar-refractivity contribution is 5.83. The summed E-state index contributed by atoms with van der Waals surface area (Å²) in [6.45, 7) is 10.3. The van der Waals surface area contributed by atoms with E-state index < -0.39 is 0 Å². The van der Waals surface area contributed by atoms with Gasteiger partial charge in [0.25, 0.3) is 0 Å². The molecule has 3 rings (SSSR count). The molecule has 1 aromatic heterocycles. The molecule has 1 aromatic carbocycles. The summed E-state index contributed by atoms with van der Waals surface area (Å²) in [6, 6.07) is 8.72. The Labute approximate surface area is 133 Å². The maximum absolute atomic E-state index is 5.38. The van der Waals surface area contributed by atoms with E-state index in [0.717, 1.165) is 52.5 Å². The standard InChI is InChI=1S/C18H27N3O/c1-2-8-21-15-16(17-5-3-4-6-18(17)21)14-19-7-9-20-10-12-22-13-11-20/h3-6,15,19H,2,7-14H2,1H3. The summed E-state index contributed by atoms with van der Waals surface area (Å²) in [6.07, 6.45) is 3.48. The van der Waals surface area contributed by atoms with Gasteiger partial charge in [0.2, 0.25) is 0 Å². The molecule has 1 N–H and O–H groups in total. The maximum atomic E-state index is 5.38. The van der Waals surface area contributed by atoms with Crippen LogP contribution >= 0.6 is 0 Å². The molecule has 0 spiro atoms. The molecule has 4 nitrogen and oxygen atoms in total. The number of aryl methyl sites for hydroxylation is 1. The average molecular weight is 301 g/mol. The molecule has 0 unspecified atom stereocenters. The Bertz CT molecular complexity index is 587. The molecule has 2 aromatic rings. The van der Waals surface area contributed by atoms with Gasteiger partial charge in [0.1, 0.15) is 0 Å². The van der Waals surface area contributed by atoms with Gasteiger partial charge in [0.15, 0.2) is 0 Å². The number of rotatable bonds is 7. The van der Waals surface area contributed by atoms with Crippen molar-refractivity contribution in [2.24, 2.45) is 0 Å². The minimum atomic E-state index is 0.879. The molecule has 1 aliphatic heterocycles. The van der Waals surface area contributed by atoms with Crippen molar-refractivity contribution in [2.45, 2.75) is 26.4 Å². The Kier molecular flexibility index (Phi) is 5.48. The number of hydrogen-bond acceptors (Lipinski definition) is 3. The topological polar surface area (TPSA) is 29.4 Å². The van der Waals surface area contributed by atoms with Crippen LogP contribution in [0, 0.1) is 0 Å². The molecule has 0 saturated carbocycles. The van der Waals surface area contributed by atoms with E-state index in [2.05, 4.69) is 52.2 Å². The van der Waals surface area contributed by atoms with E-state index in [0.29, 0.717) is 0 Å². The summed E-state index contributed by atoms with van der Waals surface area (Å²) in [7, 11) is 0. The van der Waals surface area contributed by atoms with Crippen molar-refractivity contribution < 1.29 is 4.74 Å². The summed E-state index contributed by atoms with van der Waals surface area (Å²) in [4.78, 5) is 2.47. The van der Waals surface area contributed by atoms with E-state index in [1.807, 2.05) is 0 Å². The summed E-state index contributed by atoms with van der Waals surface area (Å²) in [5, 5.41) is 4.98. The summed E-state index contributed by atoms with van der Waals surface area (Å²) in [5.74, 6) is 0. The fourth-order valence-electron chi connectivity index (χ4n) is 3.17. The van der Waals surface area contributed by atoms with Crippen molar-refractivity contribution in [1.29, 1.82) is 0 Å². The van der Waals surface area contributed by atoms with Gasteiger partial charge in [-0.05, 0) is 18.1 Å². The molecule has 0 bridgehead atoms. The predicted molar refractivity (Wildman–Crippen MR) is 91.2 cm³/mol. The van der Waals surface area contributed by atoms with E-state index >= 15 is 0 Å². The van der Waals surface area contributed by atoms with Gasteiger partial charge in [-0.25, -0.2) is 0 Å². The Morgan fingerprint density at radius 3 is 2.77 bits per heavy atom. The SMILES string of the molecule is CCCn1cc(CNCCN2CCOCC2)c2ccccc21. The Morgan fingerprint density at radius 2 is 1.95 bits per heavy atom. The van der Waals surface area contributed by atoms with Gasteiger partial charge in [0, 0.05) is 56.4 Å². The van der Waals surface area contributed by atoms with Crippen molar-refractivity contribution >= 4 is 10.9 Å². The molecule has 1 fully saturated rings. The molecule has 1 saturated heterocycles. The summed E-state index contributed by atoms with van der Waals surface area (Å²) < 4.78 is 7.77. The minimum absolute atomic E-state index is 0.879. The van der Waals surface area contributed by atoms with Crippen LogP contribution < -0.4 is 5.32 Å². The van der Waals surface area contributed by atoms with Gasteiger partial charge in [0.05, 0.1) is 13.2 Å². The van der Waals surface area contributed by atoms with E-state index in [9.17, 15) is 0 Å². The minimum Gasteiger partial charge on any atom is -0.379 e. The molecule has 120 valence electrons. The average Bonchev–Trinajstić information content (AvgIpc) is 2.91. The normalized spacial score (nSPS) is 16.4.